The Morgan fingerprint density at radius 1 is 1.27 bits per heavy atom. The summed E-state index contributed by atoms with van der Waals surface area (Å²) in [6, 6.07) is 12.5. The number of halogens is 1. The van der Waals surface area contributed by atoms with Gasteiger partial charge in [0.25, 0.3) is 5.56 Å². The second-order valence-corrected chi connectivity index (χ2v) is 6.12. The first kappa shape index (κ1) is 17.8. The molecule has 0 aliphatic carbocycles. The highest BCUT2D eigenvalue weighted by molar-refractivity contribution is 5.92. The molecule has 0 saturated heterocycles. The number of nitrogens with zero attached hydrogens (tertiary/aromatic N) is 2. The van der Waals surface area contributed by atoms with Gasteiger partial charge in [0.2, 0.25) is 5.91 Å². The molecule has 3 aromatic rings. The fourth-order valence-electron chi connectivity index (χ4n) is 2.64. The average Bonchev–Trinajstić information content (AvgIpc) is 2.61. The van der Waals surface area contributed by atoms with Gasteiger partial charge in [-0.1, -0.05) is 18.2 Å². The molecule has 134 valence electrons. The first-order valence-electron chi connectivity index (χ1n) is 8.18. The lowest BCUT2D eigenvalue weighted by atomic mass is 10.2. The van der Waals surface area contributed by atoms with Gasteiger partial charge in [0, 0.05) is 5.69 Å². The predicted octanol–water partition coefficient (Wildman–Crippen LogP) is 2.69. The normalized spacial score (nSPS) is 12.3. The zero-order chi connectivity index (χ0) is 18.7. The average molecular weight is 354 g/mol. The van der Waals surface area contributed by atoms with Crippen molar-refractivity contribution in [3.63, 3.8) is 0 Å². The number of carbonyl (C=O) groups excluding carboxylic acids is 1. The molecule has 1 atom stereocenters. The molecule has 0 saturated carbocycles. The van der Waals surface area contributed by atoms with E-state index >= 15 is 0 Å². The minimum Gasteiger partial charge on any atom is -0.325 e. The van der Waals surface area contributed by atoms with E-state index in [1.165, 1.54) is 18.2 Å². The first-order chi connectivity index (χ1) is 12.4. The van der Waals surface area contributed by atoms with Crippen molar-refractivity contribution in [3.05, 3.63) is 70.5 Å². The summed E-state index contributed by atoms with van der Waals surface area (Å²) in [5.74, 6) is -0.217. The number of H-pyrrole nitrogens is 1. The van der Waals surface area contributed by atoms with Crippen LogP contribution in [-0.2, 0) is 4.79 Å². The van der Waals surface area contributed by atoms with Crippen LogP contribution < -0.4 is 10.9 Å². The van der Waals surface area contributed by atoms with E-state index in [9.17, 15) is 14.0 Å². The molecule has 1 amide bonds. The zero-order valence-electron chi connectivity index (χ0n) is 14.5. The van der Waals surface area contributed by atoms with Crippen molar-refractivity contribution in [1.82, 2.24) is 14.9 Å². The van der Waals surface area contributed by atoms with E-state index in [1.54, 1.807) is 36.2 Å². The van der Waals surface area contributed by atoms with Gasteiger partial charge in [0.1, 0.15) is 11.6 Å². The number of fused-ring (bicyclic) bond motifs is 1. The summed E-state index contributed by atoms with van der Waals surface area (Å²) in [6.07, 6.45) is 0. The van der Waals surface area contributed by atoms with E-state index in [0.29, 0.717) is 22.4 Å². The minimum atomic E-state index is -0.414. The number of likely N-dealkylation sites (N-methyl/N-ethyl adjacent to an activating group) is 1. The maximum absolute atomic E-state index is 13.2. The Bertz CT molecular complexity index is 1000. The molecule has 1 aromatic heterocycles. The van der Waals surface area contributed by atoms with Crippen molar-refractivity contribution in [2.75, 3.05) is 18.9 Å². The van der Waals surface area contributed by atoms with Crippen LogP contribution in [0.1, 0.15) is 18.8 Å². The molecule has 2 aromatic carbocycles. The molecule has 2 N–H and O–H groups in total. The lowest BCUT2D eigenvalue weighted by molar-refractivity contribution is -0.117. The van der Waals surface area contributed by atoms with Crippen molar-refractivity contribution in [3.8, 4) is 0 Å². The van der Waals surface area contributed by atoms with Crippen molar-refractivity contribution >= 4 is 22.5 Å². The lowest BCUT2D eigenvalue weighted by Crippen LogP contribution is -2.33. The van der Waals surface area contributed by atoms with Gasteiger partial charge in [0.15, 0.2) is 0 Å². The van der Waals surface area contributed by atoms with Crippen molar-refractivity contribution in [2.24, 2.45) is 0 Å². The Hall–Kier alpha value is -3.06. The van der Waals surface area contributed by atoms with E-state index in [4.69, 9.17) is 0 Å². The smallest absolute Gasteiger partial charge is 0.258 e. The second-order valence-electron chi connectivity index (χ2n) is 6.12. The minimum absolute atomic E-state index is 0.0637. The number of benzene rings is 2. The standard InChI is InChI=1S/C19H19FN4O2/c1-12(18-22-16-9-4-3-8-15(16)19(26)23-18)24(2)11-17(25)21-14-7-5-6-13(20)10-14/h3-10,12H,11H2,1-2H3,(H,21,25)(H,22,23,26)/t12-/m1/s1. The van der Waals surface area contributed by atoms with E-state index in [1.807, 2.05) is 13.0 Å². The van der Waals surface area contributed by atoms with Crippen LogP contribution in [0.25, 0.3) is 10.9 Å². The summed E-state index contributed by atoms with van der Waals surface area (Å²) in [7, 11) is 1.75. The second kappa shape index (κ2) is 7.45. The molecule has 0 bridgehead atoms. The first-order valence-corrected chi connectivity index (χ1v) is 8.18. The predicted molar refractivity (Wildman–Crippen MR) is 98.4 cm³/mol. The Morgan fingerprint density at radius 3 is 2.81 bits per heavy atom. The van der Waals surface area contributed by atoms with Crippen LogP contribution in [0.2, 0.25) is 0 Å². The Labute approximate surface area is 149 Å². The van der Waals surface area contributed by atoms with Gasteiger partial charge < -0.3 is 10.3 Å². The molecule has 0 fully saturated rings. The van der Waals surface area contributed by atoms with Gasteiger partial charge in [-0.25, -0.2) is 9.37 Å². The highest BCUT2D eigenvalue weighted by atomic mass is 19.1. The third-order valence-corrected chi connectivity index (χ3v) is 4.19. The number of rotatable bonds is 5. The number of nitrogens with one attached hydrogen (secondary N) is 2. The van der Waals surface area contributed by atoms with E-state index < -0.39 is 5.82 Å². The molecule has 7 heteroatoms. The number of hydrogen-bond donors (Lipinski definition) is 2. The quantitative estimate of drug-likeness (QED) is 0.738. The van der Waals surface area contributed by atoms with Gasteiger partial charge in [0.05, 0.1) is 23.5 Å². The summed E-state index contributed by atoms with van der Waals surface area (Å²) in [4.78, 5) is 33.4. The lowest BCUT2D eigenvalue weighted by Gasteiger charge is -2.23. The van der Waals surface area contributed by atoms with Crippen LogP contribution in [0.5, 0.6) is 0 Å². The number of aromatic nitrogens is 2. The van der Waals surface area contributed by atoms with Crippen molar-refractivity contribution < 1.29 is 9.18 Å². The Morgan fingerprint density at radius 2 is 2.04 bits per heavy atom. The summed E-state index contributed by atoms with van der Waals surface area (Å²) in [5.41, 5.74) is 0.791. The largest absolute Gasteiger partial charge is 0.325 e. The molecular formula is C19H19FN4O2. The van der Waals surface area contributed by atoms with E-state index in [2.05, 4.69) is 15.3 Å². The third-order valence-electron chi connectivity index (χ3n) is 4.19. The topological polar surface area (TPSA) is 78.1 Å². The number of amides is 1. The van der Waals surface area contributed by atoms with Crippen LogP contribution in [0.3, 0.4) is 0 Å². The molecular weight excluding hydrogens is 335 g/mol. The summed E-state index contributed by atoms with van der Waals surface area (Å²) < 4.78 is 13.2. The SMILES string of the molecule is C[C@H](c1nc2ccccc2c(=O)[nH]1)N(C)CC(=O)Nc1cccc(F)c1. The van der Waals surface area contributed by atoms with Crippen molar-refractivity contribution in [1.29, 1.82) is 0 Å². The fourth-order valence-corrected chi connectivity index (χ4v) is 2.64. The summed E-state index contributed by atoms with van der Waals surface area (Å²) in [6.45, 7) is 1.91. The van der Waals surface area contributed by atoms with Crippen LogP contribution >= 0.6 is 0 Å². The number of para-hydroxylation sites is 1. The van der Waals surface area contributed by atoms with E-state index in [0.717, 1.165) is 0 Å². The van der Waals surface area contributed by atoms with Crippen LogP contribution in [0.4, 0.5) is 10.1 Å². The summed E-state index contributed by atoms with van der Waals surface area (Å²) >= 11 is 0. The molecule has 6 nitrogen and oxygen atoms in total. The molecule has 3 rings (SSSR count). The molecule has 0 unspecified atom stereocenters. The third kappa shape index (κ3) is 3.94. The number of aromatic amines is 1. The summed E-state index contributed by atoms with van der Waals surface area (Å²) in [5, 5.41) is 3.17. The van der Waals surface area contributed by atoms with E-state index in [-0.39, 0.29) is 24.1 Å². The van der Waals surface area contributed by atoms with Gasteiger partial charge in [-0.15, -0.1) is 0 Å². The van der Waals surface area contributed by atoms with Gasteiger partial charge in [-0.2, -0.15) is 0 Å². The molecule has 0 aliphatic rings. The highest BCUT2D eigenvalue weighted by Crippen LogP contribution is 2.16. The maximum atomic E-state index is 13.2. The highest BCUT2D eigenvalue weighted by Gasteiger charge is 2.18. The monoisotopic (exact) mass is 354 g/mol. The number of carbonyl (C=O) groups is 1. The van der Waals surface area contributed by atoms with Crippen LogP contribution in [0.15, 0.2) is 53.3 Å². The molecule has 0 spiro atoms. The molecule has 0 radical (unpaired) electrons. The van der Waals surface area contributed by atoms with Crippen LogP contribution in [0, 0.1) is 5.82 Å². The number of hydrogen-bond acceptors (Lipinski definition) is 4. The number of anilines is 1. The van der Waals surface area contributed by atoms with Crippen LogP contribution in [-0.4, -0.2) is 34.4 Å². The zero-order valence-corrected chi connectivity index (χ0v) is 14.5. The van der Waals surface area contributed by atoms with Gasteiger partial charge >= 0.3 is 0 Å². The Balaban J connectivity index is 1.72. The van der Waals surface area contributed by atoms with Gasteiger partial charge in [-0.3, -0.25) is 14.5 Å². The molecule has 1 heterocycles. The Kier molecular flexibility index (Phi) is 5.09. The molecule has 26 heavy (non-hydrogen) atoms. The van der Waals surface area contributed by atoms with Crippen molar-refractivity contribution in [2.45, 2.75) is 13.0 Å². The molecule has 0 aliphatic heterocycles. The maximum Gasteiger partial charge on any atom is 0.258 e. The van der Waals surface area contributed by atoms with Gasteiger partial charge in [-0.05, 0) is 44.3 Å². The fraction of sp³-hybridized carbons (Fsp3) is 0.211.